The average Bonchev–Trinajstić information content (AvgIpc) is 3.38. The van der Waals surface area contributed by atoms with Crippen molar-refractivity contribution in [2.45, 2.75) is 31.0 Å². The summed E-state index contributed by atoms with van der Waals surface area (Å²) in [5.74, 6) is 3.46. The van der Waals surface area contributed by atoms with E-state index in [2.05, 4.69) is 40.1 Å². The van der Waals surface area contributed by atoms with Gasteiger partial charge in [-0.3, -0.25) is 4.90 Å². The summed E-state index contributed by atoms with van der Waals surface area (Å²) in [6.45, 7) is 3.83. The van der Waals surface area contributed by atoms with Crippen LogP contribution < -0.4 is 23.8 Å². The molecule has 1 saturated heterocycles. The third-order valence-corrected chi connectivity index (χ3v) is 7.63. The molecule has 3 aromatic rings. The van der Waals surface area contributed by atoms with Crippen LogP contribution in [0, 0.1) is 0 Å². The smallest absolute Gasteiger partial charge is 0.142 e. The Labute approximate surface area is 225 Å². The van der Waals surface area contributed by atoms with Crippen molar-refractivity contribution in [3.8, 4) is 23.0 Å². The van der Waals surface area contributed by atoms with Crippen LogP contribution in [0.5, 0.6) is 23.0 Å². The fraction of sp³-hybridized carbons (Fsp3) is 0.419. The van der Waals surface area contributed by atoms with Crippen LogP contribution in [0.4, 0.5) is 5.69 Å². The molecule has 0 radical (unpaired) electrons. The summed E-state index contributed by atoms with van der Waals surface area (Å²) in [7, 11) is 5.22. The van der Waals surface area contributed by atoms with Crippen molar-refractivity contribution in [3.05, 3.63) is 78.4 Å². The summed E-state index contributed by atoms with van der Waals surface area (Å²) in [5, 5.41) is 0. The summed E-state index contributed by atoms with van der Waals surface area (Å²) in [5.41, 5.74) is 2.26. The molecule has 1 fully saturated rings. The number of fused-ring (bicyclic) bond motifs is 1. The molecule has 2 aliphatic rings. The number of rotatable bonds is 10. The minimum absolute atomic E-state index is 0.0964. The van der Waals surface area contributed by atoms with Crippen LogP contribution in [0.2, 0.25) is 0 Å². The molecule has 0 amide bonds. The molecule has 0 aromatic heterocycles. The van der Waals surface area contributed by atoms with Gasteiger partial charge in [-0.05, 0) is 48.9 Å². The third-order valence-electron chi connectivity index (χ3n) is 7.63. The highest BCUT2D eigenvalue weighted by molar-refractivity contribution is 5.61. The second-order valence-corrected chi connectivity index (χ2v) is 9.80. The Morgan fingerprint density at radius 3 is 2.39 bits per heavy atom. The van der Waals surface area contributed by atoms with Crippen LogP contribution in [-0.4, -0.2) is 71.2 Å². The van der Waals surface area contributed by atoms with Crippen molar-refractivity contribution in [1.29, 1.82) is 0 Å². The summed E-state index contributed by atoms with van der Waals surface area (Å²) < 4.78 is 29.4. The van der Waals surface area contributed by atoms with E-state index in [0.717, 1.165) is 61.2 Å². The number of benzene rings is 3. The lowest BCUT2D eigenvalue weighted by Gasteiger charge is -2.38. The summed E-state index contributed by atoms with van der Waals surface area (Å²) >= 11 is 0. The van der Waals surface area contributed by atoms with E-state index in [1.54, 1.807) is 21.3 Å². The number of nitrogens with zero attached hydrogens (tertiary/aromatic N) is 2. The summed E-state index contributed by atoms with van der Waals surface area (Å²) in [6, 6.07) is 24.7. The van der Waals surface area contributed by atoms with Crippen LogP contribution >= 0.6 is 0 Å². The molecule has 2 heterocycles. The van der Waals surface area contributed by atoms with E-state index < -0.39 is 0 Å². The second-order valence-electron chi connectivity index (χ2n) is 9.80. The molecule has 0 aliphatic carbocycles. The first-order valence-corrected chi connectivity index (χ1v) is 13.3. The highest BCUT2D eigenvalue weighted by Crippen LogP contribution is 2.42. The lowest BCUT2D eigenvalue weighted by molar-refractivity contribution is 0.0923. The Morgan fingerprint density at radius 2 is 1.63 bits per heavy atom. The standard InChI is InChI=1S/C31H38N2O5/c1-34-24-12-14-25(15-13-24)38-22-23(32-18-16-26(21-32)35-2)20-33-28(27-8-4-6-10-30(27)36-3)17-19-37-31-11-7-5-9-29(31)33/h4-15,23,26,28H,16-22H2,1-3H3. The van der Waals surface area contributed by atoms with Crippen molar-refractivity contribution in [2.75, 3.05) is 59.1 Å². The monoisotopic (exact) mass is 518 g/mol. The predicted octanol–water partition coefficient (Wildman–Crippen LogP) is 5.20. The molecule has 3 unspecified atom stereocenters. The number of anilines is 1. The highest BCUT2D eigenvalue weighted by Gasteiger charge is 2.35. The van der Waals surface area contributed by atoms with Crippen LogP contribution in [0.1, 0.15) is 24.4 Å². The molecule has 5 rings (SSSR count). The Kier molecular flexibility index (Phi) is 8.56. The lowest BCUT2D eigenvalue weighted by atomic mass is 9.99. The molecule has 0 bridgehead atoms. The Bertz CT molecular complexity index is 1170. The molecule has 3 aromatic carbocycles. The molecule has 3 atom stereocenters. The largest absolute Gasteiger partial charge is 0.497 e. The fourth-order valence-corrected chi connectivity index (χ4v) is 5.55. The van der Waals surface area contributed by atoms with E-state index in [1.165, 1.54) is 5.56 Å². The van der Waals surface area contributed by atoms with Gasteiger partial charge in [-0.2, -0.15) is 0 Å². The first-order chi connectivity index (χ1) is 18.7. The molecule has 7 heteroatoms. The van der Waals surface area contributed by atoms with Crippen LogP contribution in [0.3, 0.4) is 0 Å². The first-order valence-electron chi connectivity index (χ1n) is 13.3. The molecule has 7 nitrogen and oxygen atoms in total. The zero-order valence-corrected chi connectivity index (χ0v) is 22.5. The highest BCUT2D eigenvalue weighted by atomic mass is 16.5. The van der Waals surface area contributed by atoms with Crippen molar-refractivity contribution in [2.24, 2.45) is 0 Å². The molecule has 0 saturated carbocycles. The van der Waals surface area contributed by atoms with Gasteiger partial charge in [0.1, 0.15) is 29.6 Å². The van der Waals surface area contributed by atoms with Gasteiger partial charge in [0, 0.05) is 38.7 Å². The van der Waals surface area contributed by atoms with Crippen molar-refractivity contribution in [3.63, 3.8) is 0 Å². The number of ether oxygens (including phenoxy) is 5. The molecule has 2 aliphatic heterocycles. The fourth-order valence-electron chi connectivity index (χ4n) is 5.55. The minimum atomic E-state index is 0.0964. The van der Waals surface area contributed by atoms with Gasteiger partial charge in [-0.1, -0.05) is 30.3 Å². The first kappa shape index (κ1) is 26.2. The summed E-state index contributed by atoms with van der Waals surface area (Å²) in [4.78, 5) is 4.99. The van der Waals surface area contributed by atoms with Gasteiger partial charge >= 0.3 is 0 Å². The van der Waals surface area contributed by atoms with Gasteiger partial charge in [-0.25, -0.2) is 0 Å². The zero-order chi connectivity index (χ0) is 26.3. The number of likely N-dealkylation sites (tertiary alicyclic amines) is 1. The van der Waals surface area contributed by atoms with Gasteiger partial charge in [-0.15, -0.1) is 0 Å². The van der Waals surface area contributed by atoms with Crippen LogP contribution in [-0.2, 0) is 4.74 Å². The van der Waals surface area contributed by atoms with E-state index in [1.807, 2.05) is 42.5 Å². The molecular formula is C31H38N2O5. The maximum Gasteiger partial charge on any atom is 0.142 e. The lowest BCUT2D eigenvalue weighted by Crippen LogP contribution is -2.48. The number of hydrogen-bond acceptors (Lipinski definition) is 7. The Hall–Kier alpha value is -3.42. The van der Waals surface area contributed by atoms with Gasteiger partial charge in [0.15, 0.2) is 0 Å². The van der Waals surface area contributed by atoms with Crippen molar-refractivity contribution in [1.82, 2.24) is 4.90 Å². The number of hydrogen-bond donors (Lipinski definition) is 0. The number of methoxy groups -OCH3 is 3. The summed E-state index contributed by atoms with van der Waals surface area (Å²) in [6.07, 6.45) is 2.11. The molecule has 0 N–H and O–H groups in total. The van der Waals surface area contributed by atoms with Gasteiger partial charge in [0.25, 0.3) is 0 Å². The maximum atomic E-state index is 6.37. The normalized spacial score (nSPS) is 20.2. The predicted molar refractivity (Wildman–Crippen MR) is 149 cm³/mol. The van der Waals surface area contributed by atoms with Gasteiger partial charge in [0.2, 0.25) is 0 Å². The Balaban J connectivity index is 1.47. The van der Waals surface area contributed by atoms with E-state index >= 15 is 0 Å². The van der Waals surface area contributed by atoms with Gasteiger partial charge in [0.05, 0.1) is 44.7 Å². The van der Waals surface area contributed by atoms with E-state index in [-0.39, 0.29) is 18.2 Å². The quantitative estimate of drug-likeness (QED) is 0.366. The van der Waals surface area contributed by atoms with Crippen molar-refractivity contribution < 1.29 is 23.7 Å². The number of para-hydroxylation sites is 3. The molecule has 38 heavy (non-hydrogen) atoms. The van der Waals surface area contributed by atoms with Crippen LogP contribution in [0.15, 0.2) is 72.8 Å². The topological polar surface area (TPSA) is 52.6 Å². The molecule has 0 spiro atoms. The second kappa shape index (κ2) is 12.4. The SMILES string of the molecule is COc1ccc(OCC(CN2c3ccccc3OCCC2c2ccccc2OC)N2CCC(OC)C2)cc1. The minimum Gasteiger partial charge on any atom is -0.497 e. The van der Waals surface area contributed by atoms with Crippen molar-refractivity contribution >= 4 is 5.69 Å². The zero-order valence-electron chi connectivity index (χ0n) is 22.5. The average molecular weight is 519 g/mol. The van der Waals surface area contributed by atoms with E-state index in [0.29, 0.717) is 13.2 Å². The third kappa shape index (κ3) is 5.84. The molecular weight excluding hydrogens is 480 g/mol. The van der Waals surface area contributed by atoms with E-state index in [4.69, 9.17) is 23.7 Å². The molecule has 202 valence electrons. The Morgan fingerprint density at radius 1 is 0.868 bits per heavy atom. The van der Waals surface area contributed by atoms with Crippen LogP contribution in [0.25, 0.3) is 0 Å². The van der Waals surface area contributed by atoms with E-state index in [9.17, 15) is 0 Å². The maximum absolute atomic E-state index is 6.37. The van der Waals surface area contributed by atoms with Gasteiger partial charge < -0.3 is 28.6 Å².